The van der Waals surface area contributed by atoms with Crippen molar-refractivity contribution in [3.8, 4) is 0 Å². The molecule has 1 amide bonds. The van der Waals surface area contributed by atoms with Gasteiger partial charge in [0.05, 0.1) is 13.2 Å². The van der Waals surface area contributed by atoms with Gasteiger partial charge in [0.2, 0.25) is 5.91 Å². The van der Waals surface area contributed by atoms with Gasteiger partial charge in [-0.1, -0.05) is 13.3 Å². The maximum atomic E-state index is 11.9. The van der Waals surface area contributed by atoms with Gasteiger partial charge in [-0.3, -0.25) is 4.79 Å². The van der Waals surface area contributed by atoms with Crippen molar-refractivity contribution in [2.45, 2.75) is 38.6 Å². The number of nitrogens with zero attached hydrogens (tertiary/aromatic N) is 1. The molecule has 2 N–H and O–H groups in total. The third-order valence-corrected chi connectivity index (χ3v) is 4.10. The normalized spacial score (nSPS) is 26.1. The first-order valence-electron chi connectivity index (χ1n) is 8.04. The molecule has 2 aliphatic rings. The van der Waals surface area contributed by atoms with Crippen molar-refractivity contribution in [1.29, 1.82) is 0 Å². The molecule has 2 heterocycles. The van der Waals surface area contributed by atoms with Crippen LogP contribution in [-0.2, 0) is 9.53 Å². The maximum absolute atomic E-state index is 11.9. The van der Waals surface area contributed by atoms with Crippen molar-refractivity contribution in [3.05, 3.63) is 0 Å². The number of amides is 1. The van der Waals surface area contributed by atoms with Crippen LogP contribution in [0.2, 0.25) is 0 Å². The van der Waals surface area contributed by atoms with E-state index in [1.54, 1.807) is 0 Å². The minimum atomic E-state index is 0.137. The molecule has 2 rings (SSSR count). The van der Waals surface area contributed by atoms with Gasteiger partial charge in [0.15, 0.2) is 0 Å². The van der Waals surface area contributed by atoms with Crippen LogP contribution in [0.25, 0.3) is 0 Å². The van der Waals surface area contributed by atoms with E-state index in [4.69, 9.17) is 4.74 Å². The van der Waals surface area contributed by atoms with Gasteiger partial charge in [0, 0.05) is 32.1 Å². The van der Waals surface area contributed by atoms with Crippen LogP contribution in [0.5, 0.6) is 0 Å². The van der Waals surface area contributed by atoms with Crippen molar-refractivity contribution >= 4 is 5.91 Å². The minimum absolute atomic E-state index is 0.137. The highest BCUT2D eigenvalue weighted by Gasteiger charge is 2.18. The quantitative estimate of drug-likeness (QED) is 0.750. The molecule has 2 aliphatic heterocycles. The first-order chi connectivity index (χ1) is 9.74. The van der Waals surface area contributed by atoms with Crippen LogP contribution >= 0.6 is 0 Å². The number of nitrogens with one attached hydrogen (secondary N) is 2. The van der Waals surface area contributed by atoms with Crippen LogP contribution in [0.3, 0.4) is 0 Å². The number of likely N-dealkylation sites (tertiary alicyclic amines) is 1. The zero-order valence-electron chi connectivity index (χ0n) is 12.7. The maximum Gasteiger partial charge on any atom is 0.221 e. The summed E-state index contributed by atoms with van der Waals surface area (Å²) in [6.45, 7) is 8.80. The van der Waals surface area contributed by atoms with Crippen molar-refractivity contribution in [2.24, 2.45) is 5.92 Å². The molecule has 2 unspecified atom stereocenters. The van der Waals surface area contributed by atoms with E-state index < -0.39 is 0 Å². The van der Waals surface area contributed by atoms with Gasteiger partial charge in [0.1, 0.15) is 0 Å². The second kappa shape index (κ2) is 8.60. The predicted octanol–water partition coefficient (Wildman–Crippen LogP) is 0.603. The van der Waals surface area contributed by atoms with Gasteiger partial charge in [-0.25, -0.2) is 0 Å². The highest BCUT2D eigenvalue weighted by atomic mass is 16.5. The van der Waals surface area contributed by atoms with E-state index in [0.717, 1.165) is 26.2 Å². The Morgan fingerprint density at radius 1 is 1.40 bits per heavy atom. The topological polar surface area (TPSA) is 53.6 Å². The smallest absolute Gasteiger partial charge is 0.221 e. The summed E-state index contributed by atoms with van der Waals surface area (Å²) < 4.78 is 5.36. The summed E-state index contributed by atoms with van der Waals surface area (Å²) >= 11 is 0. The fourth-order valence-electron chi connectivity index (χ4n) is 2.98. The summed E-state index contributed by atoms with van der Waals surface area (Å²) in [5.41, 5.74) is 0. The molecular weight excluding hydrogens is 254 g/mol. The number of carbonyl (C=O) groups is 1. The lowest BCUT2D eigenvalue weighted by Crippen LogP contribution is -2.45. The fraction of sp³-hybridized carbons (Fsp3) is 0.933. The van der Waals surface area contributed by atoms with Gasteiger partial charge < -0.3 is 20.3 Å². The van der Waals surface area contributed by atoms with Crippen molar-refractivity contribution in [2.75, 3.05) is 45.9 Å². The fourth-order valence-corrected chi connectivity index (χ4v) is 2.98. The second-order valence-corrected chi connectivity index (χ2v) is 6.20. The van der Waals surface area contributed by atoms with Gasteiger partial charge in [-0.2, -0.15) is 0 Å². The van der Waals surface area contributed by atoms with Crippen LogP contribution in [-0.4, -0.2) is 62.8 Å². The van der Waals surface area contributed by atoms with Crippen molar-refractivity contribution < 1.29 is 9.53 Å². The highest BCUT2D eigenvalue weighted by Crippen LogP contribution is 2.10. The number of ether oxygens (including phenoxy) is 1. The molecule has 0 aromatic carbocycles. The SMILES string of the molecule is CC(CNC(=O)CC1COCCN1)CN1CCCCC1. The summed E-state index contributed by atoms with van der Waals surface area (Å²) in [5, 5.41) is 6.37. The Bertz CT molecular complexity index is 287. The van der Waals surface area contributed by atoms with Gasteiger partial charge in [-0.05, 0) is 31.8 Å². The van der Waals surface area contributed by atoms with Crippen molar-refractivity contribution in [3.63, 3.8) is 0 Å². The molecule has 2 fully saturated rings. The Morgan fingerprint density at radius 2 is 2.20 bits per heavy atom. The largest absolute Gasteiger partial charge is 0.378 e. The minimum Gasteiger partial charge on any atom is -0.378 e. The molecule has 2 saturated heterocycles. The third-order valence-electron chi connectivity index (χ3n) is 4.10. The zero-order valence-corrected chi connectivity index (χ0v) is 12.7. The van der Waals surface area contributed by atoms with E-state index in [2.05, 4.69) is 22.5 Å². The first kappa shape index (κ1) is 15.7. The zero-order chi connectivity index (χ0) is 14.2. The molecule has 2 atom stereocenters. The second-order valence-electron chi connectivity index (χ2n) is 6.20. The van der Waals surface area contributed by atoms with Crippen LogP contribution < -0.4 is 10.6 Å². The van der Waals surface area contributed by atoms with E-state index in [1.165, 1.54) is 32.4 Å². The van der Waals surface area contributed by atoms with Crippen LogP contribution in [0.1, 0.15) is 32.6 Å². The van der Waals surface area contributed by atoms with Crippen LogP contribution in [0.4, 0.5) is 0 Å². The lowest BCUT2D eigenvalue weighted by atomic mass is 10.1. The van der Waals surface area contributed by atoms with E-state index in [9.17, 15) is 4.79 Å². The third kappa shape index (κ3) is 5.77. The molecule has 0 saturated carbocycles. The number of piperidine rings is 1. The number of carbonyl (C=O) groups excluding carboxylic acids is 1. The van der Waals surface area contributed by atoms with E-state index in [-0.39, 0.29) is 11.9 Å². The average Bonchev–Trinajstić information content (AvgIpc) is 2.47. The molecular formula is C15H29N3O2. The summed E-state index contributed by atoms with van der Waals surface area (Å²) in [7, 11) is 0. The lowest BCUT2D eigenvalue weighted by Gasteiger charge is -2.29. The summed E-state index contributed by atoms with van der Waals surface area (Å²) in [6, 6.07) is 0.182. The summed E-state index contributed by atoms with van der Waals surface area (Å²) in [4.78, 5) is 14.4. The highest BCUT2D eigenvalue weighted by molar-refractivity contribution is 5.76. The number of rotatable bonds is 6. The molecule has 0 aliphatic carbocycles. The molecule has 0 radical (unpaired) electrons. The average molecular weight is 283 g/mol. The Labute approximate surface area is 122 Å². The van der Waals surface area contributed by atoms with Gasteiger partial charge >= 0.3 is 0 Å². The van der Waals surface area contributed by atoms with Gasteiger partial charge in [-0.15, -0.1) is 0 Å². The molecule has 5 nitrogen and oxygen atoms in total. The standard InChI is InChI=1S/C15H29N3O2/c1-13(11-18-6-3-2-4-7-18)10-17-15(19)9-14-12-20-8-5-16-14/h13-14,16H,2-12H2,1H3,(H,17,19). The number of morpholine rings is 1. The van der Waals surface area contributed by atoms with E-state index in [0.29, 0.717) is 18.9 Å². The molecule has 20 heavy (non-hydrogen) atoms. The lowest BCUT2D eigenvalue weighted by molar-refractivity contribution is -0.122. The Kier molecular flexibility index (Phi) is 6.76. The Hall–Kier alpha value is -0.650. The van der Waals surface area contributed by atoms with E-state index in [1.807, 2.05) is 0 Å². The summed E-state index contributed by atoms with van der Waals surface area (Å²) in [5.74, 6) is 0.658. The molecule has 0 aromatic heterocycles. The predicted molar refractivity (Wildman–Crippen MR) is 79.7 cm³/mol. The van der Waals surface area contributed by atoms with Gasteiger partial charge in [0.25, 0.3) is 0 Å². The molecule has 0 bridgehead atoms. The number of hydrogen-bond donors (Lipinski definition) is 2. The monoisotopic (exact) mass is 283 g/mol. The molecule has 5 heteroatoms. The van der Waals surface area contributed by atoms with Crippen molar-refractivity contribution in [1.82, 2.24) is 15.5 Å². The molecule has 116 valence electrons. The first-order valence-corrected chi connectivity index (χ1v) is 8.04. The number of hydrogen-bond acceptors (Lipinski definition) is 4. The summed E-state index contributed by atoms with van der Waals surface area (Å²) in [6.07, 6.45) is 4.55. The van der Waals surface area contributed by atoms with Crippen LogP contribution in [0, 0.1) is 5.92 Å². The molecule has 0 spiro atoms. The van der Waals surface area contributed by atoms with Crippen LogP contribution in [0.15, 0.2) is 0 Å². The molecule has 0 aromatic rings. The Balaban J connectivity index is 1.57. The van der Waals surface area contributed by atoms with E-state index >= 15 is 0 Å². The Morgan fingerprint density at radius 3 is 2.90 bits per heavy atom.